The second-order valence-electron chi connectivity index (χ2n) is 4.65. The Morgan fingerprint density at radius 2 is 1.37 bits per heavy atom. The van der Waals surface area contributed by atoms with Gasteiger partial charge in [-0.05, 0) is 0 Å². The molecule has 0 aliphatic carbocycles. The smallest absolute Gasteiger partial charge is 0.241 e. The molecule has 2 fully saturated rings. The molecule has 0 aromatic carbocycles. The summed E-state index contributed by atoms with van der Waals surface area (Å²) in [4.78, 5) is 0. The van der Waals surface area contributed by atoms with Gasteiger partial charge in [0, 0.05) is 12.8 Å². The maximum absolute atomic E-state index is 6.22. The summed E-state index contributed by atoms with van der Waals surface area (Å²) in [6.45, 7) is 12.4. The van der Waals surface area contributed by atoms with Crippen molar-refractivity contribution in [1.82, 2.24) is 0 Å². The highest BCUT2D eigenvalue weighted by Crippen LogP contribution is 2.42. The minimum absolute atomic E-state index is 0.103. The van der Waals surface area contributed by atoms with Crippen molar-refractivity contribution in [2.24, 2.45) is 0 Å². The third-order valence-corrected chi connectivity index (χ3v) is 3.54. The normalized spacial score (nSPS) is 30.6. The van der Waals surface area contributed by atoms with Crippen LogP contribution in [-0.4, -0.2) is 37.0 Å². The fourth-order valence-corrected chi connectivity index (χ4v) is 2.28. The molecule has 4 atom stereocenters. The zero-order valence-corrected chi connectivity index (χ0v) is 11.6. The summed E-state index contributed by atoms with van der Waals surface area (Å²) in [5.41, 5.74) is 0. The van der Waals surface area contributed by atoms with Crippen molar-refractivity contribution in [3.05, 3.63) is 25.7 Å². The van der Waals surface area contributed by atoms with Crippen molar-refractivity contribution in [3.63, 3.8) is 0 Å². The van der Waals surface area contributed by atoms with Gasteiger partial charge in [-0.25, -0.2) is 0 Å². The molecule has 2 aliphatic heterocycles. The minimum Gasteiger partial charge on any atom is -0.468 e. The molecule has 2 heterocycles. The molecular formula is C14H22O5. The van der Waals surface area contributed by atoms with Gasteiger partial charge in [0.25, 0.3) is 0 Å². The Morgan fingerprint density at radius 1 is 1.00 bits per heavy atom. The van der Waals surface area contributed by atoms with Gasteiger partial charge in [0.1, 0.15) is 12.2 Å². The van der Waals surface area contributed by atoms with E-state index in [4.69, 9.17) is 23.7 Å². The van der Waals surface area contributed by atoms with Crippen LogP contribution in [0.2, 0.25) is 0 Å². The van der Waals surface area contributed by atoms with E-state index in [9.17, 15) is 0 Å². The molecule has 4 unspecified atom stereocenters. The molecule has 0 saturated carbocycles. The molecule has 0 aromatic rings. The van der Waals surface area contributed by atoms with Gasteiger partial charge < -0.3 is 18.9 Å². The Bertz CT molecular complexity index is 305. The van der Waals surface area contributed by atoms with Gasteiger partial charge in [-0.15, -0.1) is 0 Å². The minimum atomic E-state index is -0.882. The van der Waals surface area contributed by atoms with E-state index >= 15 is 0 Å². The second kappa shape index (κ2) is 5.53. The third kappa shape index (κ3) is 2.78. The van der Waals surface area contributed by atoms with E-state index in [1.165, 1.54) is 12.5 Å². The van der Waals surface area contributed by atoms with Gasteiger partial charge in [0.05, 0.1) is 25.7 Å². The Labute approximate surface area is 114 Å². The first kappa shape index (κ1) is 14.4. The van der Waals surface area contributed by atoms with Crippen LogP contribution in [0.5, 0.6) is 0 Å². The maximum Gasteiger partial charge on any atom is 0.241 e. The summed E-state index contributed by atoms with van der Waals surface area (Å²) in [5.74, 6) is -1.76. The van der Waals surface area contributed by atoms with Gasteiger partial charge in [-0.2, -0.15) is 0 Å². The lowest BCUT2D eigenvalue weighted by molar-refractivity contribution is -0.347. The van der Waals surface area contributed by atoms with Gasteiger partial charge in [0.2, 0.25) is 11.6 Å². The van der Waals surface area contributed by atoms with Gasteiger partial charge in [0.15, 0.2) is 0 Å². The highest BCUT2D eigenvalue weighted by Gasteiger charge is 2.59. The van der Waals surface area contributed by atoms with Crippen LogP contribution < -0.4 is 0 Å². The molecule has 2 rings (SSSR count). The Hall–Kier alpha value is -1.04. The van der Waals surface area contributed by atoms with Crippen LogP contribution in [0.3, 0.4) is 0 Å². The van der Waals surface area contributed by atoms with Crippen LogP contribution in [0.15, 0.2) is 25.7 Å². The summed E-state index contributed by atoms with van der Waals surface area (Å²) in [5, 5.41) is 0. The predicted molar refractivity (Wildman–Crippen MR) is 69.2 cm³/mol. The lowest BCUT2D eigenvalue weighted by Crippen LogP contribution is -2.52. The highest BCUT2D eigenvalue weighted by atomic mass is 16.8. The third-order valence-electron chi connectivity index (χ3n) is 3.54. The average molecular weight is 270 g/mol. The zero-order valence-electron chi connectivity index (χ0n) is 11.6. The van der Waals surface area contributed by atoms with Crippen molar-refractivity contribution in [3.8, 4) is 0 Å². The molecule has 2 aliphatic rings. The van der Waals surface area contributed by atoms with Crippen molar-refractivity contribution in [1.29, 1.82) is 0 Å². The lowest BCUT2D eigenvalue weighted by Gasteiger charge is -2.40. The van der Waals surface area contributed by atoms with E-state index in [0.717, 1.165) is 0 Å². The summed E-state index contributed by atoms with van der Waals surface area (Å²) in [6.07, 6.45) is 3.81. The molecule has 5 nitrogen and oxygen atoms in total. The largest absolute Gasteiger partial charge is 0.468 e. The fourth-order valence-electron chi connectivity index (χ4n) is 2.28. The van der Waals surface area contributed by atoms with E-state index < -0.39 is 11.6 Å². The van der Waals surface area contributed by atoms with Crippen molar-refractivity contribution in [2.75, 3.05) is 13.2 Å². The van der Waals surface area contributed by atoms with Gasteiger partial charge >= 0.3 is 0 Å². The molecule has 5 heteroatoms. The fraction of sp³-hybridized carbons (Fsp3) is 0.714. The van der Waals surface area contributed by atoms with Crippen molar-refractivity contribution in [2.45, 2.75) is 50.5 Å². The Kier molecular flexibility index (Phi) is 4.18. The van der Waals surface area contributed by atoms with E-state index in [2.05, 4.69) is 13.2 Å². The van der Waals surface area contributed by atoms with E-state index in [-0.39, 0.29) is 12.2 Å². The van der Waals surface area contributed by atoms with E-state index in [1.807, 2.05) is 13.8 Å². The summed E-state index contributed by atoms with van der Waals surface area (Å²) in [6, 6.07) is 0. The summed E-state index contributed by atoms with van der Waals surface area (Å²) >= 11 is 0. The number of epoxide rings is 2. The molecule has 0 spiro atoms. The molecule has 0 N–H and O–H groups in total. The molecule has 0 amide bonds. The SMILES string of the molecule is C=COC(CC)(OC(CC)(OC=C)C1CO1)C1CO1. The molecular weight excluding hydrogens is 248 g/mol. The molecule has 2 saturated heterocycles. The Balaban J connectivity index is 2.20. The van der Waals surface area contributed by atoms with E-state index in [1.54, 1.807) is 0 Å². The zero-order chi connectivity index (χ0) is 13.9. The quantitative estimate of drug-likeness (QED) is 0.346. The predicted octanol–water partition coefficient (Wildman–Crippen LogP) is 2.33. The number of ether oxygens (including phenoxy) is 5. The molecule has 0 bridgehead atoms. The van der Waals surface area contributed by atoms with Crippen LogP contribution in [0.1, 0.15) is 26.7 Å². The molecule has 0 aromatic heterocycles. The highest BCUT2D eigenvalue weighted by molar-refractivity contribution is 4.96. The first-order valence-corrected chi connectivity index (χ1v) is 6.67. The first-order valence-electron chi connectivity index (χ1n) is 6.67. The van der Waals surface area contributed by atoms with E-state index in [0.29, 0.717) is 26.1 Å². The van der Waals surface area contributed by atoms with Crippen LogP contribution in [0.4, 0.5) is 0 Å². The molecule has 0 radical (unpaired) electrons. The van der Waals surface area contributed by atoms with Crippen molar-refractivity contribution >= 4 is 0 Å². The molecule has 108 valence electrons. The lowest BCUT2D eigenvalue weighted by atomic mass is 10.1. The first-order chi connectivity index (χ1) is 9.16. The standard InChI is InChI=1S/C14H22O5/c1-5-13(17-7-3,11-9-15-11)19-14(6-2,18-8-4)12-10-16-12/h7-8,11-12H,3-6,9-10H2,1-2H3. The van der Waals surface area contributed by atoms with Crippen LogP contribution >= 0.6 is 0 Å². The number of hydrogen-bond acceptors (Lipinski definition) is 5. The second-order valence-corrected chi connectivity index (χ2v) is 4.65. The van der Waals surface area contributed by atoms with Gasteiger partial charge in [-0.1, -0.05) is 27.0 Å². The number of hydrogen-bond donors (Lipinski definition) is 0. The topological polar surface area (TPSA) is 52.8 Å². The van der Waals surface area contributed by atoms with Crippen LogP contribution in [0, 0.1) is 0 Å². The summed E-state index contributed by atoms with van der Waals surface area (Å²) in [7, 11) is 0. The Morgan fingerprint density at radius 3 is 1.58 bits per heavy atom. The average Bonchev–Trinajstić information content (AvgIpc) is 3.29. The summed E-state index contributed by atoms with van der Waals surface area (Å²) < 4.78 is 28.2. The molecule has 19 heavy (non-hydrogen) atoms. The van der Waals surface area contributed by atoms with Crippen molar-refractivity contribution < 1.29 is 23.7 Å². The van der Waals surface area contributed by atoms with Gasteiger partial charge in [-0.3, -0.25) is 4.74 Å². The van der Waals surface area contributed by atoms with Crippen LogP contribution in [-0.2, 0) is 23.7 Å². The van der Waals surface area contributed by atoms with Crippen LogP contribution in [0.25, 0.3) is 0 Å². The maximum atomic E-state index is 6.22. The number of rotatable bonds is 10. The monoisotopic (exact) mass is 270 g/mol.